The quantitative estimate of drug-likeness (QED) is 0.853. The molecule has 0 fully saturated rings. The number of hydrogen-bond donors (Lipinski definition) is 1. The van der Waals surface area contributed by atoms with Crippen LogP contribution >= 0.6 is 7.82 Å². The van der Waals surface area contributed by atoms with Gasteiger partial charge in [0.05, 0.1) is 12.2 Å². The fraction of sp³-hybridized carbons (Fsp3) is 0.417. The lowest BCUT2D eigenvalue weighted by Crippen LogP contribution is -2.09. The molecule has 1 aromatic rings. The summed E-state index contributed by atoms with van der Waals surface area (Å²) in [6.07, 6.45) is 0. The van der Waals surface area contributed by atoms with Crippen LogP contribution in [-0.4, -0.2) is 17.5 Å². The molecule has 0 spiro atoms. The van der Waals surface area contributed by atoms with E-state index in [9.17, 15) is 14.3 Å². The summed E-state index contributed by atoms with van der Waals surface area (Å²) in [5, 5.41) is 0. The van der Waals surface area contributed by atoms with Gasteiger partial charge in [-0.3, -0.25) is 9.42 Å². The number of carbonyl (C=O) groups is 1. The molecular formula is C12H17O5P. The minimum Gasteiger partial charge on any atom is -0.367 e. The van der Waals surface area contributed by atoms with Crippen molar-refractivity contribution in [2.24, 2.45) is 0 Å². The highest BCUT2D eigenvalue weighted by Crippen LogP contribution is 2.44. The Labute approximate surface area is 106 Å². The molecule has 1 aromatic carbocycles. The first kappa shape index (κ1) is 14.9. The molecule has 0 aliphatic heterocycles. The molecule has 0 amide bonds. The highest BCUT2D eigenvalue weighted by atomic mass is 31.2. The molecule has 18 heavy (non-hydrogen) atoms. The van der Waals surface area contributed by atoms with E-state index in [4.69, 9.17) is 0 Å². The van der Waals surface area contributed by atoms with Crippen LogP contribution in [0.1, 0.15) is 34.0 Å². The summed E-state index contributed by atoms with van der Waals surface area (Å²) in [7, 11) is -4.32. The molecule has 1 rings (SSSR count). The number of rotatable bonds is 4. The van der Waals surface area contributed by atoms with Crippen LogP contribution in [0.25, 0.3) is 0 Å². The second-order valence-corrected chi connectivity index (χ2v) is 5.42. The number of benzene rings is 1. The van der Waals surface area contributed by atoms with Crippen LogP contribution in [0.5, 0.6) is 0 Å². The van der Waals surface area contributed by atoms with Gasteiger partial charge in [0.15, 0.2) is 0 Å². The second kappa shape index (κ2) is 5.65. The van der Waals surface area contributed by atoms with Gasteiger partial charge in [0.1, 0.15) is 0 Å². The summed E-state index contributed by atoms with van der Waals surface area (Å²) in [5.41, 5.74) is 2.72. The Balaban J connectivity index is 3.02. The van der Waals surface area contributed by atoms with Gasteiger partial charge in [-0.1, -0.05) is 17.7 Å². The maximum atomic E-state index is 11.9. The van der Waals surface area contributed by atoms with Crippen molar-refractivity contribution in [3.63, 3.8) is 0 Å². The third-order valence-electron chi connectivity index (χ3n) is 2.37. The standard InChI is InChI=1S/C12H17O5P/c1-5-16-18(14,15)17-12(13)11-9(3)6-8(2)7-10(11)4/h6-7H,5H2,1-4H3,(H,14,15). The second-order valence-electron chi connectivity index (χ2n) is 4.04. The Bertz CT molecular complexity index is 486. The fourth-order valence-corrected chi connectivity index (χ4v) is 2.52. The molecule has 0 aliphatic rings. The van der Waals surface area contributed by atoms with Gasteiger partial charge in [-0.25, -0.2) is 9.36 Å². The maximum absolute atomic E-state index is 11.9. The van der Waals surface area contributed by atoms with E-state index in [-0.39, 0.29) is 6.61 Å². The van der Waals surface area contributed by atoms with E-state index in [0.29, 0.717) is 16.7 Å². The summed E-state index contributed by atoms with van der Waals surface area (Å²) in [5.74, 6) is -0.843. The summed E-state index contributed by atoms with van der Waals surface area (Å²) in [6, 6.07) is 3.62. The number of phosphoric acid groups is 1. The van der Waals surface area contributed by atoms with E-state index in [1.165, 1.54) is 0 Å². The molecule has 0 aromatic heterocycles. The summed E-state index contributed by atoms with van der Waals surface area (Å²) >= 11 is 0. The lowest BCUT2D eigenvalue weighted by molar-refractivity contribution is 0.0646. The van der Waals surface area contributed by atoms with Gasteiger partial charge in [-0.2, -0.15) is 0 Å². The number of carbonyl (C=O) groups excluding carboxylic acids is 1. The molecular weight excluding hydrogens is 255 g/mol. The van der Waals surface area contributed by atoms with E-state index in [1.54, 1.807) is 20.8 Å². The highest BCUT2D eigenvalue weighted by Gasteiger charge is 2.27. The van der Waals surface area contributed by atoms with Crippen LogP contribution in [0, 0.1) is 20.8 Å². The average Bonchev–Trinajstić information content (AvgIpc) is 2.13. The van der Waals surface area contributed by atoms with E-state index in [1.807, 2.05) is 19.1 Å². The van der Waals surface area contributed by atoms with Gasteiger partial charge in [-0.15, -0.1) is 0 Å². The predicted octanol–water partition coefficient (Wildman–Crippen LogP) is 2.91. The third kappa shape index (κ3) is 3.67. The van der Waals surface area contributed by atoms with E-state index in [2.05, 4.69) is 9.05 Å². The molecule has 0 aliphatic carbocycles. The normalized spacial score (nSPS) is 14.1. The minimum atomic E-state index is -4.32. The molecule has 1 atom stereocenters. The summed E-state index contributed by atoms with van der Waals surface area (Å²) in [6.45, 7) is 6.94. The highest BCUT2D eigenvalue weighted by molar-refractivity contribution is 7.48. The molecule has 5 nitrogen and oxygen atoms in total. The topological polar surface area (TPSA) is 72.8 Å². The first-order valence-corrected chi connectivity index (χ1v) is 7.05. The molecule has 0 bridgehead atoms. The first-order valence-electron chi connectivity index (χ1n) is 5.56. The van der Waals surface area contributed by atoms with Crippen LogP contribution in [0.4, 0.5) is 0 Å². The van der Waals surface area contributed by atoms with Crippen LogP contribution in [0.15, 0.2) is 12.1 Å². The zero-order valence-electron chi connectivity index (χ0n) is 10.9. The molecule has 0 saturated carbocycles. The number of phosphoric ester groups is 1. The van der Waals surface area contributed by atoms with Crippen molar-refractivity contribution < 1.29 is 23.3 Å². The molecule has 0 saturated heterocycles. The van der Waals surface area contributed by atoms with Gasteiger partial charge in [0.25, 0.3) is 0 Å². The summed E-state index contributed by atoms with van der Waals surface area (Å²) in [4.78, 5) is 21.1. The Morgan fingerprint density at radius 2 is 1.78 bits per heavy atom. The lowest BCUT2D eigenvalue weighted by Gasteiger charge is -2.13. The van der Waals surface area contributed by atoms with Gasteiger partial charge in [-0.05, 0) is 38.8 Å². The molecule has 6 heteroatoms. The van der Waals surface area contributed by atoms with Crippen molar-refractivity contribution in [3.8, 4) is 0 Å². The van der Waals surface area contributed by atoms with E-state index >= 15 is 0 Å². The van der Waals surface area contributed by atoms with Crippen LogP contribution in [-0.2, 0) is 13.6 Å². The SMILES string of the molecule is CCOP(=O)(O)OC(=O)c1c(C)cc(C)cc1C. The zero-order valence-corrected chi connectivity index (χ0v) is 11.8. The lowest BCUT2D eigenvalue weighted by atomic mass is 10.0. The Morgan fingerprint density at radius 1 is 1.28 bits per heavy atom. The van der Waals surface area contributed by atoms with Crippen molar-refractivity contribution in [3.05, 3.63) is 34.4 Å². The monoisotopic (exact) mass is 272 g/mol. The van der Waals surface area contributed by atoms with Crippen molar-refractivity contribution in [1.82, 2.24) is 0 Å². The molecule has 1 unspecified atom stereocenters. The predicted molar refractivity (Wildman–Crippen MR) is 67.5 cm³/mol. The van der Waals surface area contributed by atoms with E-state index in [0.717, 1.165) is 5.56 Å². The molecule has 0 radical (unpaired) electrons. The fourth-order valence-electron chi connectivity index (χ4n) is 1.84. The largest absolute Gasteiger partial charge is 0.529 e. The molecule has 100 valence electrons. The van der Waals surface area contributed by atoms with Crippen LogP contribution in [0.2, 0.25) is 0 Å². The third-order valence-corrected chi connectivity index (χ3v) is 3.35. The van der Waals surface area contributed by atoms with Crippen molar-refractivity contribution in [2.45, 2.75) is 27.7 Å². The molecule has 1 N–H and O–H groups in total. The van der Waals surface area contributed by atoms with Gasteiger partial charge in [0.2, 0.25) is 0 Å². The Kier molecular flexibility index (Phi) is 4.68. The maximum Gasteiger partial charge on any atom is 0.529 e. The Morgan fingerprint density at radius 3 is 2.22 bits per heavy atom. The van der Waals surface area contributed by atoms with E-state index < -0.39 is 13.8 Å². The van der Waals surface area contributed by atoms with Crippen LogP contribution in [0.3, 0.4) is 0 Å². The average molecular weight is 272 g/mol. The van der Waals surface area contributed by atoms with Gasteiger partial charge >= 0.3 is 13.8 Å². The number of aryl methyl sites for hydroxylation is 3. The van der Waals surface area contributed by atoms with Gasteiger partial charge in [0, 0.05) is 0 Å². The Hall–Kier alpha value is -1.16. The minimum absolute atomic E-state index is 0.00702. The summed E-state index contributed by atoms with van der Waals surface area (Å²) < 4.78 is 20.4. The zero-order chi connectivity index (χ0) is 13.9. The van der Waals surface area contributed by atoms with Crippen LogP contribution < -0.4 is 0 Å². The smallest absolute Gasteiger partial charge is 0.367 e. The number of hydrogen-bond acceptors (Lipinski definition) is 4. The van der Waals surface area contributed by atoms with Crippen molar-refractivity contribution in [1.29, 1.82) is 0 Å². The molecule has 0 heterocycles. The van der Waals surface area contributed by atoms with Gasteiger partial charge < -0.3 is 4.52 Å². The van der Waals surface area contributed by atoms with Crippen molar-refractivity contribution in [2.75, 3.05) is 6.61 Å². The van der Waals surface area contributed by atoms with Crippen molar-refractivity contribution >= 4 is 13.8 Å². The first-order chi connectivity index (χ1) is 8.26.